The predicted molar refractivity (Wildman–Crippen MR) is 140 cm³/mol. The molecule has 0 saturated carbocycles. The first kappa shape index (κ1) is 24.2. The van der Waals surface area contributed by atoms with Gasteiger partial charge in [-0.2, -0.15) is 0 Å². The number of allylic oxidation sites excluding steroid dienone is 2. The van der Waals surface area contributed by atoms with E-state index >= 15 is 0 Å². The van der Waals surface area contributed by atoms with Crippen molar-refractivity contribution in [3.05, 3.63) is 116 Å². The van der Waals surface area contributed by atoms with Gasteiger partial charge in [-0.15, -0.1) is 0 Å². The lowest BCUT2D eigenvalue weighted by molar-refractivity contribution is -0.138. The normalized spacial score (nSPS) is 16.4. The van der Waals surface area contributed by atoms with Crippen molar-refractivity contribution < 1.29 is 19.1 Å². The van der Waals surface area contributed by atoms with E-state index < -0.39 is 11.9 Å². The molecule has 3 aromatic carbocycles. The Balaban J connectivity index is 1.55. The van der Waals surface area contributed by atoms with Crippen LogP contribution in [0.4, 0.5) is 0 Å². The minimum Gasteiger partial charge on any atom is -0.487 e. The Morgan fingerprint density at radius 1 is 0.972 bits per heavy atom. The Bertz CT molecular complexity index is 1460. The first-order chi connectivity index (χ1) is 17.4. The number of carbonyl (C=O) groups is 2. The second kappa shape index (κ2) is 9.84. The minimum atomic E-state index is -0.643. The van der Waals surface area contributed by atoms with Gasteiger partial charge in [-0.3, -0.25) is 4.79 Å². The number of ketones is 1. The molecule has 0 spiro atoms. The molecule has 0 unspecified atom stereocenters. The van der Waals surface area contributed by atoms with Gasteiger partial charge in [0.2, 0.25) is 0 Å². The van der Waals surface area contributed by atoms with Crippen LogP contribution in [-0.4, -0.2) is 18.4 Å². The van der Waals surface area contributed by atoms with Crippen LogP contribution < -0.4 is 10.1 Å². The fourth-order valence-electron chi connectivity index (χ4n) is 4.73. The van der Waals surface area contributed by atoms with Crippen molar-refractivity contribution in [2.24, 2.45) is 0 Å². The van der Waals surface area contributed by atoms with Gasteiger partial charge >= 0.3 is 5.97 Å². The molecule has 0 radical (unpaired) electrons. The highest BCUT2D eigenvalue weighted by molar-refractivity contribution is 6.32. The van der Waals surface area contributed by atoms with E-state index in [1.807, 2.05) is 49.4 Å². The quantitative estimate of drug-likeness (QED) is 0.367. The van der Waals surface area contributed by atoms with Crippen LogP contribution in [0.2, 0.25) is 10.0 Å². The number of Topliss-reactive ketones (excluding diaryl/α,β-unsaturated/α-hetero) is 1. The maximum atomic E-state index is 13.5. The zero-order chi connectivity index (χ0) is 25.4. The number of rotatable bonds is 6. The number of hydrogen-bond donors (Lipinski definition) is 1. The Kier molecular flexibility index (Phi) is 6.61. The Hall–Kier alpha value is -3.54. The number of halogens is 2. The Labute approximate surface area is 219 Å². The number of carbonyl (C=O) groups excluding carboxylic acids is 2. The lowest BCUT2D eigenvalue weighted by Crippen LogP contribution is -2.29. The molecule has 1 heterocycles. The van der Waals surface area contributed by atoms with E-state index in [1.54, 1.807) is 31.2 Å². The molecule has 0 fully saturated rings. The van der Waals surface area contributed by atoms with Crippen molar-refractivity contribution in [2.45, 2.75) is 26.4 Å². The molecular formula is C29H23Cl2NO4. The van der Waals surface area contributed by atoms with E-state index in [-0.39, 0.29) is 19.0 Å². The maximum absolute atomic E-state index is 13.5. The molecule has 5 nitrogen and oxygen atoms in total. The van der Waals surface area contributed by atoms with Crippen molar-refractivity contribution in [1.29, 1.82) is 0 Å². The number of hydrogen-bond acceptors (Lipinski definition) is 5. The van der Waals surface area contributed by atoms with E-state index in [9.17, 15) is 9.59 Å². The number of esters is 1. The second-order valence-electron chi connectivity index (χ2n) is 8.55. The molecular weight excluding hydrogens is 497 g/mol. The van der Waals surface area contributed by atoms with Gasteiger partial charge in [-0.25, -0.2) is 4.79 Å². The van der Waals surface area contributed by atoms with Crippen LogP contribution in [0.3, 0.4) is 0 Å². The number of dihydropyridines is 1. The van der Waals surface area contributed by atoms with E-state index in [0.29, 0.717) is 49.5 Å². The third kappa shape index (κ3) is 4.19. The Morgan fingerprint density at radius 3 is 2.42 bits per heavy atom. The summed E-state index contributed by atoms with van der Waals surface area (Å²) in [5.74, 6) is -0.765. The standard InChI is InChI=1S/C29H23Cl2NO4/c1-3-35-29(34)24-16(2)32-27-19-9-5-6-10-20(19)28(33)26(27)25(24)17-12-13-23(22(31)14-17)36-15-18-8-4-7-11-21(18)30/h4-14,25,32H,3,15H2,1-2H3/t25-/m0/s1. The molecule has 1 aliphatic carbocycles. The van der Waals surface area contributed by atoms with Crippen LogP contribution in [0.1, 0.15) is 46.8 Å². The third-order valence-electron chi connectivity index (χ3n) is 6.37. The highest BCUT2D eigenvalue weighted by atomic mass is 35.5. The topological polar surface area (TPSA) is 64.6 Å². The largest absolute Gasteiger partial charge is 0.487 e. The summed E-state index contributed by atoms with van der Waals surface area (Å²) >= 11 is 12.9. The molecule has 1 atom stereocenters. The first-order valence-electron chi connectivity index (χ1n) is 11.6. The van der Waals surface area contributed by atoms with Gasteiger partial charge in [-0.1, -0.05) is 71.7 Å². The minimum absolute atomic E-state index is 0.123. The number of nitrogens with one attached hydrogen (secondary N) is 1. The van der Waals surface area contributed by atoms with Crippen molar-refractivity contribution in [3.63, 3.8) is 0 Å². The lowest BCUT2D eigenvalue weighted by atomic mass is 9.80. The fourth-order valence-corrected chi connectivity index (χ4v) is 5.16. The molecule has 0 saturated heterocycles. The lowest BCUT2D eigenvalue weighted by Gasteiger charge is -2.29. The van der Waals surface area contributed by atoms with E-state index in [2.05, 4.69) is 5.32 Å². The molecule has 7 heteroatoms. The highest BCUT2D eigenvalue weighted by Gasteiger charge is 2.43. The summed E-state index contributed by atoms with van der Waals surface area (Å²) in [6.45, 7) is 4.04. The summed E-state index contributed by atoms with van der Waals surface area (Å²) in [7, 11) is 0. The molecule has 1 N–H and O–H groups in total. The second-order valence-corrected chi connectivity index (χ2v) is 9.36. The van der Waals surface area contributed by atoms with Gasteiger partial charge in [0.25, 0.3) is 0 Å². The smallest absolute Gasteiger partial charge is 0.336 e. The zero-order valence-electron chi connectivity index (χ0n) is 19.7. The van der Waals surface area contributed by atoms with Gasteiger partial charge in [0, 0.05) is 38.9 Å². The maximum Gasteiger partial charge on any atom is 0.336 e. The summed E-state index contributed by atoms with van der Waals surface area (Å²) in [6.07, 6.45) is 0. The van der Waals surface area contributed by atoms with Crippen LogP contribution in [0, 0.1) is 0 Å². The summed E-state index contributed by atoms with van der Waals surface area (Å²) in [4.78, 5) is 26.6. The van der Waals surface area contributed by atoms with Crippen molar-refractivity contribution in [3.8, 4) is 5.75 Å². The van der Waals surface area contributed by atoms with E-state index in [0.717, 1.165) is 11.1 Å². The van der Waals surface area contributed by atoms with E-state index in [4.69, 9.17) is 32.7 Å². The summed E-state index contributed by atoms with van der Waals surface area (Å²) in [6, 6.07) is 20.2. The van der Waals surface area contributed by atoms with Crippen molar-refractivity contribution in [1.82, 2.24) is 5.32 Å². The van der Waals surface area contributed by atoms with Crippen LogP contribution >= 0.6 is 23.2 Å². The van der Waals surface area contributed by atoms with Crippen LogP contribution in [0.25, 0.3) is 5.70 Å². The number of benzene rings is 3. The van der Waals surface area contributed by atoms with Crippen LogP contribution in [0.5, 0.6) is 5.75 Å². The van der Waals surface area contributed by atoms with Crippen LogP contribution in [-0.2, 0) is 16.1 Å². The molecule has 182 valence electrons. The Morgan fingerprint density at radius 2 is 1.69 bits per heavy atom. The average molecular weight is 520 g/mol. The molecule has 3 aromatic rings. The van der Waals surface area contributed by atoms with Gasteiger partial charge < -0.3 is 14.8 Å². The molecule has 0 aromatic heterocycles. The summed E-state index contributed by atoms with van der Waals surface area (Å²) < 4.78 is 11.3. The number of fused-ring (bicyclic) bond motifs is 2. The molecule has 0 bridgehead atoms. The number of ether oxygens (including phenoxy) is 2. The predicted octanol–water partition coefficient (Wildman–Crippen LogP) is 6.70. The monoisotopic (exact) mass is 519 g/mol. The van der Waals surface area contributed by atoms with Crippen molar-refractivity contribution in [2.75, 3.05) is 6.61 Å². The third-order valence-corrected chi connectivity index (χ3v) is 7.04. The summed E-state index contributed by atoms with van der Waals surface area (Å²) in [5, 5.41) is 4.27. The molecule has 2 aliphatic rings. The highest BCUT2D eigenvalue weighted by Crippen LogP contribution is 2.47. The molecule has 36 heavy (non-hydrogen) atoms. The average Bonchev–Trinajstić information content (AvgIpc) is 3.15. The first-order valence-corrected chi connectivity index (χ1v) is 12.3. The van der Waals surface area contributed by atoms with E-state index in [1.165, 1.54) is 0 Å². The molecule has 0 amide bonds. The SMILES string of the molecule is CCOC(=O)C1=C(C)NC2=C(C(=O)c3ccccc32)[C@H]1c1ccc(OCc2ccccc2Cl)c(Cl)c1. The van der Waals surface area contributed by atoms with Gasteiger partial charge in [0.15, 0.2) is 5.78 Å². The van der Waals surface area contributed by atoms with Gasteiger partial charge in [0.05, 0.1) is 22.9 Å². The van der Waals surface area contributed by atoms with Crippen LogP contribution in [0.15, 0.2) is 83.6 Å². The fraction of sp³-hybridized carbons (Fsp3) is 0.172. The van der Waals surface area contributed by atoms with Gasteiger partial charge in [0.1, 0.15) is 12.4 Å². The summed E-state index contributed by atoms with van der Waals surface area (Å²) in [5.41, 5.74) is 5.19. The van der Waals surface area contributed by atoms with Gasteiger partial charge in [-0.05, 0) is 37.6 Å². The molecule has 5 rings (SSSR count). The zero-order valence-corrected chi connectivity index (χ0v) is 21.2. The molecule has 1 aliphatic heterocycles. The van der Waals surface area contributed by atoms with Crippen molar-refractivity contribution >= 4 is 40.7 Å².